The van der Waals surface area contributed by atoms with E-state index >= 15 is 0 Å². The third-order valence-electron chi connectivity index (χ3n) is 1.99. The molecule has 3 nitrogen and oxygen atoms in total. The van der Waals surface area contributed by atoms with E-state index in [2.05, 4.69) is 27.1 Å². The van der Waals surface area contributed by atoms with Crippen LogP contribution in [-0.2, 0) is 0 Å². The van der Waals surface area contributed by atoms with E-state index < -0.39 is 0 Å². The molecule has 0 radical (unpaired) electrons. The van der Waals surface area contributed by atoms with Gasteiger partial charge in [0.05, 0.1) is 23.5 Å². The molecule has 0 aliphatic rings. The molecule has 0 fully saturated rings. The lowest BCUT2D eigenvalue weighted by atomic mass is 10.2. The molecule has 4 heteroatoms. The second-order valence-corrected chi connectivity index (χ2v) is 4.19. The first-order valence-corrected chi connectivity index (χ1v) is 5.20. The number of halogens is 1. The van der Waals surface area contributed by atoms with Crippen LogP contribution in [0.3, 0.4) is 0 Å². The minimum absolute atomic E-state index is 0.618. The molecular weight excluding hydrogens is 254 g/mol. The number of rotatable bonds is 1. The van der Waals surface area contributed by atoms with Crippen LogP contribution >= 0.6 is 15.9 Å². The summed E-state index contributed by atoms with van der Waals surface area (Å²) in [4.78, 5) is 0. The summed E-state index contributed by atoms with van der Waals surface area (Å²) in [7, 11) is 0. The average Bonchev–Trinajstić information content (AvgIpc) is 2.64. The van der Waals surface area contributed by atoms with Crippen molar-refractivity contribution in [1.29, 1.82) is 5.26 Å². The summed E-state index contributed by atoms with van der Waals surface area (Å²) in [6.07, 6.45) is 3.70. The molecule has 0 unspecified atom stereocenters. The maximum Gasteiger partial charge on any atom is 0.0992 e. The molecule has 1 aromatic carbocycles. The normalized spacial score (nSPS) is 9.93. The minimum Gasteiger partial charge on any atom is -0.241 e. The first-order valence-electron chi connectivity index (χ1n) is 4.41. The summed E-state index contributed by atoms with van der Waals surface area (Å²) >= 11 is 3.37. The molecule has 0 saturated carbocycles. The molecule has 0 bridgehead atoms. The Morgan fingerprint density at radius 2 is 2.20 bits per heavy atom. The van der Waals surface area contributed by atoms with Gasteiger partial charge in [-0.25, -0.2) is 4.68 Å². The first kappa shape index (κ1) is 9.94. The van der Waals surface area contributed by atoms with Gasteiger partial charge in [0.25, 0.3) is 0 Å². The van der Waals surface area contributed by atoms with Gasteiger partial charge in [-0.2, -0.15) is 10.4 Å². The maximum atomic E-state index is 8.84. The van der Waals surface area contributed by atoms with E-state index in [1.165, 1.54) is 0 Å². The molecular formula is C11H8BrN3. The van der Waals surface area contributed by atoms with Crippen molar-refractivity contribution >= 4 is 15.9 Å². The molecule has 0 aliphatic heterocycles. The van der Waals surface area contributed by atoms with E-state index in [0.29, 0.717) is 5.56 Å². The molecule has 0 saturated heterocycles. The lowest BCUT2D eigenvalue weighted by Gasteiger charge is -2.02. The highest BCUT2D eigenvalue weighted by molar-refractivity contribution is 9.10. The van der Waals surface area contributed by atoms with E-state index in [9.17, 15) is 0 Å². The quantitative estimate of drug-likeness (QED) is 0.792. The molecule has 1 aromatic heterocycles. The van der Waals surface area contributed by atoms with Crippen molar-refractivity contribution in [2.24, 2.45) is 0 Å². The van der Waals surface area contributed by atoms with Gasteiger partial charge in [0, 0.05) is 10.7 Å². The number of nitriles is 1. The van der Waals surface area contributed by atoms with E-state index in [0.717, 1.165) is 15.7 Å². The van der Waals surface area contributed by atoms with Crippen LogP contribution in [0.1, 0.15) is 11.1 Å². The second-order valence-electron chi connectivity index (χ2n) is 3.27. The highest BCUT2D eigenvalue weighted by atomic mass is 79.9. The fourth-order valence-electron chi connectivity index (χ4n) is 1.32. The van der Waals surface area contributed by atoms with Crippen LogP contribution in [0.25, 0.3) is 5.69 Å². The SMILES string of the molecule is Cc1cnn(-c2cc(Br)cc(C#N)c2)c1. The van der Waals surface area contributed by atoms with Gasteiger partial charge in [0.2, 0.25) is 0 Å². The molecule has 0 spiro atoms. The van der Waals surface area contributed by atoms with E-state index in [1.807, 2.05) is 19.2 Å². The largest absolute Gasteiger partial charge is 0.241 e. The van der Waals surface area contributed by atoms with Crippen LogP contribution in [0.2, 0.25) is 0 Å². The predicted molar refractivity (Wildman–Crippen MR) is 60.7 cm³/mol. The summed E-state index contributed by atoms with van der Waals surface area (Å²) in [5.41, 5.74) is 2.59. The molecule has 74 valence electrons. The van der Waals surface area contributed by atoms with Crippen LogP contribution in [0.15, 0.2) is 35.1 Å². The van der Waals surface area contributed by atoms with Crippen molar-refractivity contribution in [2.45, 2.75) is 6.92 Å². The number of hydrogen-bond acceptors (Lipinski definition) is 2. The number of hydrogen-bond donors (Lipinski definition) is 0. The Morgan fingerprint density at radius 3 is 2.80 bits per heavy atom. The first-order chi connectivity index (χ1) is 7.19. The molecule has 15 heavy (non-hydrogen) atoms. The lowest BCUT2D eigenvalue weighted by molar-refractivity contribution is 0.879. The van der Waals surface area contributed by atoms with Crippen molar-refractivity contribution in [3.8, 4) is 11.8 Å². The van der Waals surface area contributed by atoms with Gasteiger partial charge in [-0.15, -0.1) is 0 Å². The van der Waals surface area contributed by atoms with E-state index in [1.54, 1.807) is 23.0 Å². The van der Waals surface area contributed by atoms with Crippen LogP contribution in [0.4, 0.5) is 0 Å². The van der Waals surface area contributed by atoms with E-state index in [-0.39, 0.29) is 0 Å². The third kappa shape index (κ3) is 2.08. The molecule has 2 aromatic rings. The Hall–Kier alpha value is -1.60. The number of nitrogens with zero attached hydrogens (tertiary/aromatic N) is 3. The van der Waals surface area contributed by atoms with Crippen molar-refractivity contribution < 1.29 is 0 Å². The van der Waals surface area contributed by atoms with Gasteiger partial charge in [0.1, 0.15) is 0 Å². The summed E-state index contributed by atoms with van der Waals surface area (Å²) in [6, 6.07) is 7.62. The third-order valence-corrected chi connectivity index (χ3v) is 2.45. The minimum atomic E-state index is 0.618. The molecule has 0 N–H and O–H groups in total. The van der Waals surface area contributed by atoms with Gasteiger partial charge < -0.3 is 0 Å². The van der Waals surface area contributed by atoms with Crippen LogP contribution < -0.4 is 0 Å². The van der Waals surface area contributed by atoms with Gasteiger partial charge in [-0.1, -0.05) is 15.9 Å². The molecule has 0 amide bonds. The lowest BCUT2D eigenvalue weighted by Crippen LogP contribution is -1.94. The smallest absolute Gasteiger partial charge is 0.0992 e. The Labute approximate surface area is 96.1 Å². The zero-order valence-corrected chi connectivity index (χ0v) is 9.69. The summed E-state index contributed by atoms with van der Waals surface area (Å²) in [6.45, 7) is 1.98. The second kappa shape index (κ2) is 3.87. The van der Waals surface area contributed by atoms with Gasteiger partial charge in [-0.05, 0) is 30.7 Å². The number of benzene rings is 1. The molecule has 2 rings (SSSR count). The Bertz CT molecular complexity index is 537. The van der Waals surface area contributed by atoms with Gasteiger partial charge >= 0.3 is 0 Å². The Balaban J connectivity index is 2.54. The van der Waals surface area contributed by atoms with Gasteiger partial charge in [0.15, 0.2) is 0 Å². The predicted octanol–water partition coefficient (Wildman–Crippen LogP) is 2.81. The summed E-state index contributed by atoms with van der Waals surface area (Å²) in [5, 5.41) is 13.0. The summed E-state index contributed by atoms with van der Waals surface area (Å²) in [5.74, 6) is 0. The molecule has 1 heterocycles. The van der Waals surface area contributed by atoms with Crippen molar-refractivity contribution in [3.63, 3.8) is 0 Å². The van der Waals surface area contributed by atoms with Crippen molar-refractivity contribution in [1.82, 2.24) is 9.78 Å². The number of aryl methyl sites for hydroxylation is 1. The van der Waals surface area contributed by atoms with Crippen LogP contribution in [0, 0.1) is 18.3 Å². The Morgan fingerprint density at radius 1 is 1.40 bits per heavy atom. The van der Waals surface area contributed by atoms with E-state index in [4.69, 9.17) is 5.26 Å². The standard InChI is InChI=1S/C11H8BrN3/c1-8-6-14-15(7-8)11-3-9(5-13)2-10(12)4-11/h2-4,6-7H,1H3. The summed E-state index contributed by atoms with van der Waals surface area (Å²) < 4.78 is 2.63. The highest BCUT2D eigenvalue weighted by Gasteiger charge is 2.02. The molecule has 0 aliphatic carbocycles. The molecule has 0 atom stereocenters. The zero-order chi connectivity index (χ0) is 10.8. The van der Waals surface area contributed by atoms with Crippen molar-refractivity contribution in [2.75, 3.05) is 0 Å². The topological polar surface area (TPSA) is 41.6 Å². The highest BCUT2D eigenvalue weighted by Crippen LogP contribution is 2.18. The maximum absolute atomic E-state index is 8.84. The van der Waals surface area contributed by atoms with Crippen LogP contribution in [-0.4, -0.2) is 9.78 Å². The Kier molecular flexibility index (Phi) is 2.57. The zero-order valence-electron chi connectivity index (χ0n) is 8.11. The van der Waals surface area contributed by atoms with Crippen LogP contribution in [0.5, 0.6) is 0 Å². The fourth-order valence-corrected chi connectivity index (χ4v) is 1.81. The monoisotopic (exact) mass is 261 g/mol. The number of aromatic nitrogens is 2. The van der Waals surface area contributed by atoms with Crippen molar-refractivity contribution in [3.05, 3.63) is 46.2 Å². The van der Waals surface area contributed by atoms with Gasteiger partial charge in [-0.3, -0.25) is 0 Å². The average molecular weight is 262 g/mol. The fraction of sp³-hybridized carbons (Fsp3) is 0.0909.